The number of pyridine rings is 1. The first kappa shape index (κ1) is 12.8. The van der Waals surface area contributed by atoms with Gasteiger partial charge in [-0.1, -0.05) is 30.3 Å². The molecular weight excluding hydrogens is 220 g/mol. The van der Waals surface area contributed by atoms with Gasteiger partial charge in [0.05, 0.1) is 5.69 Å². The zero-order chi connectivity index (χ0) is 13.0. The van der Waals surface area contributed by atoms with Crippen LogP contribution >= 0.6 is 0 Å². The van der Waals surface area contributed by atoms with Crippen LogP contribution in [0.25, 0.3) is 0 Å². The summed E-state index contributed by atoms with van der Waals surface area (Å²) < 4.78 is 0. The average molecular weight is 240 g/mol. The Labute approximate surface area is 109 Å². The van der Waals surface area contributed by atoms with Gasteiger partial charge in [0.1, 0.15) is 0 Å². The van der Waals surface area contributed by atoms with Crippen LogP contribution in [0.15, 0.2) is 48.7 Å². The van der Waals surface area contributed by atoms with Crippen LogP contribution in [0.1, 0.15) is 42.8 Å². The molecule has 18 heavy (non-hydrogen) atoms. The number of nitrogens with zero attached hydrogens (tertiary/aromatic N) is 1. The van der Waals surface area contributed by atoms with Crippen LogP contribution in [0, 0.1) is 6.92 Å². The van der Waals surface area contributed by atoms with Gasteiger partial charge in [-0.05, 0) is 44.0 Å². The third-order valence-corrected chi connectivity index (χ3v) is 3.29. The van der Waals surface area contributed by atoms with Crippen LogP contribution in [0.5, 0.6) is 0 Å². The first-order valence-corrected chi connectivity index (χ1v) is 6.41. The number of benzene rings is 1. The van der Waals surface area contributed by atoms with Gasteiger partial charge in [0.15, 0.2) is 0 Å². The quantitative estimate of drug-likeness (QED) is 0.879. The van der Waals surface area contributed by atoms with Crippen LogP contribution < -0.4 is 5.32 Å². The Bertz CT molecular complexity index is 493. The highest BCUT2D eigenvalue weighted by atomic mass is 15.0. The molecule has 2 heteroatoms. The average Bonchev–Trinajstić information content (AvgIpc) is 2.40. The smallest absolute Gasteiger partial charge is 0.0570 e. The SMILES string of the molecule is Cc1ccccc1C(C)N[C@@H](C)c1ccccn1. The summed E-state index contributed by atoms with van der Waals surface area (Å²) in [4.78, 5) is 4.39. The van der Waals surface area contributed by atoms with Crippen molar-refractivity contribution < 1.29 is 0 Å². The van der Waals surface area contributed by atoms with Gasteiger partial charge in [0.2, 0.25) is 0 Å². The van der Waals surface area contributed by atoms with Crippen molar-refractivity contribution in [3.05, 3.63) is 65.5 Å². The summed E-state index contributed by atoms with van der Waals surface area (Å²) in [6, 6.07) is 15.1. The van der Waals surface area contributed by atoms with Crippen molar-refractivity contribution in [3.63, 3.8) is 0 Å². The van der Waals surface area contributed by atoms with E-state index in [1.54, 1.807) is 0 Å². The highest BCUT2D eigenvalue weighted by Gasteiger charge is 2.12. The highest BCUT2D eigenvalue weighted by molar-refractivity contribution is 5.28. The zero-order valence-corrected chi connectivity index (χ0v) is 11.2. The number of aryl methyl sites for hydroxylation is 1. The monoisotopic (exact) mass is 240 g/mol. The number of rotatable bonds is 4. The molecular formula is C16H20N2. The van der Waals surface area contributed by atoms with E-state index in [0.717, 1.165) is 5.69 Å². The number of aromatic nitrogens is 1. The van der Waals surface area contributed by atoms with Gasteiger partial charge in [-0.15, -0.1) is 0 Å². The Balaban J connectivity index is 2.08. The first-order valence-electron chi connectivity index (χ1n) is 6.41. The summed E-state index contributed by atoms with van der Waals surface area (Å²) in [5.41, 5.74) is 3.75. The predicted octanol–water partition coefficient (Wildman–Crippen LogP) is 3.80. The predicted molar refractivity (Wildman–Crippen MR) is 75.4 cm³/mol. The lowest BCUT2D eigenvalue weighted by atomic mass is 10.0. The molecule has 0 aliphatic carbocycles. The van der Waals surface area contributed by atoms with E-state index in [-0.39, 0.29) is 6.04 Å². The second kappa shape index (κ2) is 5.78. The van der Waals surface area contributed by atoms with Crippen molar-refractivity contribution in [1.82, 2.24) is 10.3 Å². The standard InChI is InChI=1S/C16H20N2/c1-12-8-4-5-9-15(12)13(2)18-14(3)16-10-6-7-11-17-16/h4-11,13-14,18H,1-3H3/t13?,14-/m0/s1. The fraction of sp³-hybridized carbons (Fsp3) is 0.312. The minimum Gasteiger partial charge on any atom is -0.302 e. The third kappa shape index (κ3) is 2.96. The molecule has 0 saturated heterocycles. The van der Waals surface area contributed by atoms with E-state index in [9.17, 15) is 0 Å². The summed E-state index contributed by atoms with van der Waals surface area (Å²) in [7, 11) is 0. The Morgan fingerprint density at radius 2 is 1.67 bits per heavy atom. The van der Waals surface area contributed by atoms with Crippen molar-refractivity contribution >= 4 is 0 Å². The summed E-state index contributed by atoms with van der Waals surface area (Å²) in [5, 5.41) is 3.59. The molecule has 0 aliphatic rings. The number of hydrogen-bond acceptors (Lipinski definition) is 2. The zero-order valence-electron chi connectivity index (χ0n) is 11.2. The summed E-state index contributed by atoms with van der Waals surface area (Å²) in [5.74, 6) is 0. The van der Waals surface area contributed by atoms with E-state index in [0.29, 0.717) is 6.04 Å². The van der Waals surface area contributed by atoms with Gasteiger partial charge >= 0.3 is 0 Å². The molecule has 1 unspecified atom stereocenters. The Morgan fingerprint density at radius 1 is 0.944 bits per heavy atom. The van der Waals surface area contributed by atoms with E-state index >= 15 is 0 Å². The molecule has 0 bridgehead atoms. The topological polar surface area (TPSA) is 24.9 Å². The van der Waals surface area contributed by atoms with E-state index in [4.69, 9.17) is 0 Å². The van der Waals surface area contributed by atoms with Gasteiger partial charge in [-0.3, -0.25) is 4.98 Å². The molecule has 2 nitrogen and oxygen atoms in total. The molecule has 0 fully saturated rings. The van der Waals surface area contributed by atoms with Gasteiger partial charge in [-0.2, -0.15) is 0 Å². The summed E-state index contributed by atoms with van der Waals surface area (Å²) in [6.45, 7) is 6.50. The highest BCUT2D eigenvalue weighted by Crippen LogP contribution is 2.20. The maximum absolute atomic E-state index is 4.39. The lowest BCUT2D eigenvalue weighted by Crippen LogP contribution is -2.23. The van der Waals surface area contributed by atoms with Crippen LogP contribution in [0.4, 0.5) is 0 Å². The van der Waals surface area contributed by atoms with Crippen molar-refractivity contribution in [2.75, 3.05) is 0 Å². The first-order chi connectivity index (χ1) is 8.68. The molecule has 1 N–H and O–H groups in total. The van der Waals surface area contributed by atoms with Crippen LogP contribution in [-0.4, -0.2) is 4.98 Å². The third-order valence-electron chi connectivity index (χ3n) is 3.29. The molecule has 0 aliphatic heterocycles. The van der Waals surface area contributed by atoms with Gasteiger partial charge in [0.25, 0.3) is 0 Å². The molecule has 94 valence electrons. The van der Waals surface area contributed by atoms with Crippen molar-refractivity contribution in [3.8, 4) is 0 Å². The fourth-order valence-electron chi connectivity index (χ4n) is 2.25. The molecule has 2 atom stereocenters. The minimum absolute atomic E-state index is 0.251. The van der Waals surface area contributed by atoms with Crippen LogP contribution in [0.2, 0.25) is 0 Å². The molecule has 1 heterocycles. The van der Waals surface area contributed by atoms with Crippen molar-refractivity contribution in [1.29, 1.82) is 0 Å². The van der Waals surface area contributed by atoms with Crippen LogP contribution in [-0.2, 0) is 0 Å². The molecule has 2 rings (SSSR count). The molecule has 0 radical (unpaired) electrons. The summed E-state index contributed by atoms with van der Waals surface area (Å²) in [6.07, 6.45) is 1.84. The Kier molecular flexibility index (Phi) is 4.11. The van der Waals surface area contributed by atoms with E-state index in [1.165, 1.54) is 11.1 Å². The number of nitrogens with one attached hydrogen (secondary N) is 1. The maximum Gasteiger partial charge on any atom is 0.0570 e. The van der Waals surface area contributed by atoms with Crippen LogP contribution in [0.3, 0.4) is 0 Å². The maximum atomic E-state index is 4.39. The van der Waals surface area contributed by atoms with Gasteiger partial charge < -0.3 is 5.32 Å². The number of hydrogen-bond donors (Lipinski definition) is 1. The molecule has 0 spiro atoms. The lowest BCUT2D eigenvalue weighted by Gasteiger charge is -2.21. The van der Waals surface area contributed by atoms with Crippen molar-refractivity contribution in [2.45, 2.75) is 32.9 Å². The van der Waals surface area contributed by atoms with E-state index in [2.05, 4.69) is 61.4 Å². The Hall–Kier alpha value is -1.67. The molecule has 0 saturated carbocycles. The van der Waals surface area contributed by atoms with Gasteiger partial charge in [-0.25, -0.2) is 0 Å². The lowest BCUT2D eigenvalue weighted by molar-refractivity contribution is 0.485. The largest absolute Gasteiger partial charge is 0.302 e. The van der Waals surface area contributed by atoms with E-state index < -0.39 is 0 Å². The molecule has 0 amide bonds. The molecule has 1 aromatic carbocycles. The molecule has 1 aromatic heterocycles. The Morgan fingerprint density at radius 3 is 2.33 bits per heavy atom. The fourth-order valence-corrected chi connectivity index (χ4v) is 2.25. The second-order valence-corrected chi connectivity index (χ2v) is 4.72. The summed E-state index contributed by atoms with van der Waals surface area (Å²) >= 11 is 0. The van der Waals surface area contributed by atoms with Gasteiger partial charge in [0, 0.05) is 18.3 Å². The second-order valence-electron chi connectivity index (χ2n) is 4.72. The minimum atomic E-state index is 0.251. The van der Waals surface area contributed by atoms with Crippen molar-refractivity contribution in [2.24, 2.45) is 0 Å². The molecule has 2 aromatic rings. The normalized spacial score (nSPS) is 14.2. The van der Waals surface area contributed by atoms with E-state index in [1.807, 2.05) is 18.3 Å².